The van der Waals surface area contributed by atoms with Crippen LogP contribution in [-0.2, 0) is 4.74 Å². The van der Waals surface area contributed by atoms with Crippen LogP contribution in [0.25, 0.3) is 0 Å². The van der Waals surface area contributed by atoms with Crippen molar-refractivity contribution in [1.29, 1.82) is 0 Å². The van der Waals surface area contributed by atoms with Gasteiger partial charge in [0.2, 0.25) is 0 Å². The smallest absolute Gasteiger partial charge is 0.0636 e. The fraction of sp³-hybridized carbons (Fsp3) is 1.00. The molecule has 0 aliphatic carbocycles. The molecule has 0 spiro atoms. The van der Waals surface area contributed by atoms with Gasteiger partial charge in [-0.2, -0.15) is 0 Å². The highest BCUT2D eigenvalue weighted by molar-refractivity contribution is 4.69. The molecule has 0 fully saturated rings. The lowest BCUT2D eigenvalue weighted by atomic mass is 9.89. The van der Waals surface area contributed by atoms with E-state index in [1.807, 2.05) is 13.8 Å². The van der Waals surface area contributed by atoms with E-state index in [-0.39, 0.29) is 12.1 Å². The molecule has 0 aliphatic rings. The lowest BCUT2D eigenvalue weighted by Gasteiger charge is -2.23. The summed E-state index contributed by atoms with van der Waals surface area (Å²) < 4.78 is 5.52. The van der Waals surface area contributed by atoms with Gasteiger partial charge in [-0.25, -0.2) is 0 Å². The van der Waals surface area contributed by atoms with Gasteiger partial charge in [-0.3, -0.25) is 11.3 Å². The molecule has 3 N–H and O–H groups in total. The first-order valence-electron chi connectivity index (χ1n) is 5.43. The van der Waals surface area contributed by atoms with Crippen LogP contribution in [0.15, 0.2) is 0 Å². The first kappa shape index (κ1) is 13.9. The number of hydrazine groups is 1. The van der Waals surface area contributed by atoms with Crippen LogP contribution in [0, 0.1) is 5.41 Å². The minimum Gasteiger partial charge on any atom is -0.377 e. The number of ether oxygens (including phenoxy) is 1. The lowest BCUT2D eigenvalue weighted by Crippen LogP contribution is -2.39. The largest absolute Gasteiger partial charge is 0.377 e. The Balaban J connectivity index is 3.69. The highest BCUT2D eigenvalue weighted by atomic mass is 16.5. The summed E-state index contributed by atoms with van der Waals surface area (Å²) in [4.78, 5) is 0. The van der Waals surface area contributed by atoms with Crippen LogP contribution in [0.5, 0.6) is 0 Å². The summed E-state index contributed by atoms with van der Waals surface area (Å²) >= 11 is 0. The van der Waals surface area contributed by atoms with Gasteiger partial charge in [0.15, 0.2) is 0 Å². The van der Waals surface area contributed by atoms with Crippen molar-refractivity contribution in [3.05, 3.63) is 0 Å². The normalized spacial score (nSPS) is 14.8. The summed E-state index contributed by atoms with van der Waals surface area (Å²) in [5.74, 6) is 5.46. The van der Waals surface area contributed by atoms with Gasteiger partial charge in [-0.1, -0.05) is 20.8 Å². The Kier molecular flexibility index (Phi) is 6.33. The fourth-order valence-corrected chi connectivity index (χ4v) is 1.13. The second-order valence-corrected chi connectivity index (χ2v) is 5.35. The van der Waals surface area contributed by atoms with E-state index < -0.39 is 0 Å². The van der Waals surface area contributed by atoms with Gasteiger partial charge in [0.1, 0.15) is 0 Å². The van der Waals surface area contributed by atoms with Crippen molar-refractivity contribution in [2.75, 3.05) is 6.61 Å². The second-order valence-electron chi connectivity index (χ2n) is 5.35. The van der Waals surface area contributed by atoms with Gasteiger partial charge in [0.25, 0.3) is 0 Å². The molecule has 0 amide bonds. The third-order valence-electron chi connectivity index (χ3n) is 2.11. The van der Waals surface area contributed by atoms with Gasteiger partial charge < -0.3 is 4.74 Å². The molecule has 1 atom stereocenters. The van der Waals surface area contributed by atoms with Crippen molar-refractivity contribution in [3.8, 4) is 0 Å². The Morgan fingerprint density at radius 3 is 2.21 bits per heavy atom. The Morgan fingerprint density at radius 1 is 1.29 bits per heavy atom. The number of hydrogen-bond donors (Lipinski definition) is 2. The molecule has 0 rings (SSSR count). The SMILES string of the molecule is CC(C)OCC(CCC(C)(C)C)NN. The van der Waals surface area contributed by atoms with Gasteiger partial charge >= 0.3 is 0 Å². The average molecular weight is 202 g/mol. The Labute approximate surface area is 88.4 Å². The van der Waals surface area contributed by atoms with Crippen molar-refractivity contribution in [2.24, 2.45) is 11.3 Å². The second kappa shape index (κ2) is 6.38. The third-order valence-corrected chi connectivity index (χ3v) is 2.11. The third kappa shape index (κ3) is 8.48. The quantitative estimate of drug-likeness (QED) is 0.512. The molecule has 0 bridgehead atoms. The molecule has 0 aromatic rings. The van der Waals surface area contributed by atoms with Crippen LogP contribution in [0.4, 0.5) is 0 Å². The van der Waals surface area contributed by atoms with E-state index in [0.717, 1.165) is 12.8 Å². The van der Waals surface area contributed by atoms with E-state index in [2.05, 4.69) is 26.2 Å². The maximum absolute atomic E-state index is 5.52. The summed E-state index contributed by atoms with van der Waals surface area (Å²) in [5, 5.41) is 0. The molecule has 1 unspecified atom stereocenters. The molecular weight excluding hydrogens is 176 g/mol. The summed E-state index contributed by atoms with van der Waals surface area (Å²) in [5.41, 5.74) is 3.17. The van der Waals surface area contributed by atoms with Crippen LogP contribution < -0.4 is 11.3 Å². The molecule has 0 saturated carbocycles. The van der Waals surface area contributed by atoms with Gasteiger partial charge in [0.05, 0.1) is 12.7 Å². The zero-order chi connectivity index (χ0) is 11.2. The molecule has 0 radical (unpaired) electrons. The van der Waals surface area contributed by atoms with Crippen molar-refractivity contribution < 1.29 is 4.74 Å². The van der Waals surface area contributed by atoms with Crippen LogP contribution in [0.1, 0.15) is 47.5 Å². The van der Waals surface area contributed by atoms with Crippen LogP contribution in [-0.4, -0.2) is 18.8 Å². The Morgan fingerprint density at radius 2 is 1.86 bits per heavy atom. The molecule has 0 heterocycles. The molecule has 3 heteroatoms. The maximum atomic E-state index is 5.52. The van der Waals surface area contributed by atoms with E-state index in [0.29, 0.717) is 12.0 Å². The average Bonchev–Trinajstić information content (AvgIpc) is 2.02. The zero-order valence-electron chi connectivity index (χ0n) is 10.3. The van der Waals surface area contributed by atoms with Crippen molar-refractivity contribution in [3.63, 3.8) is 0 Å². The van der Waals surface area contributed by atoms with Gasteiger partial charge in [-0.05, 0) is 32.1 Å². The number of hydrogen-bond acceptors (Lipinski definition) is 3. The van der Waals surface area contributed by atoms with Crippen molar-refractivity contribution >= 4 is 0 Å². The minimum absolute atomic E-state index is 0.275. The van der Waals surface area contributed by atoms with E-state index in [9.17, 15) is 0 Å². The highest BCUT2D eigenvalue weighted by Gasteiger charge is 2.14. The molecule has 86 valence electrons. The molecule has 0 aliphatic heterocycles. The van der Waals surface area contributed by atoms with Crippen LogP contribution in [0.2, 0.25) is 0 Å². The van der Waals surface area contributed by atoms with Crippen LogP contribution in [0.3, 0.4) is 0 Å². The molecule has 14 heavy (non-hydrogen) atoms. The lowest BCUT2D eigenvalue weighted by molar-refractivity contribution is 0.0572. The summed E-state index contributed by atoms with van der Waals surface area (Å²) in [6, 6.07) is 0.275. The van der Waals surface area contributed by atoms with Gasteiger partial charge in [0, 0.05) is 6.04 Å². The number of nitrogens with two attached hydrogens (primary N) is 1. The van der Waals surface area contributed by atoms with E-state index in [1.165, 1.54) is 0 Å². The van der Waals surface area contributed by atoms with E-state index >= 15 is 0 Å². The maximum Gasteiger partial charge on any atom is 0.0636 e. The van der Waals surface area contributed by atoms with E-state index in [4.69, 9.17) is 10.6 Å². The molecule has 0 aromatic heterocycles. The summed E-state index contributed by atoms with van der Waals surface area (Å²) in [7, 11) is 0. The predicted molar refractivity (Wildman–Crippen MR) is 60.9 cm³/mol. The minimum atomic E-state index is 0.275. The summed E-state index contributed by atoms with van der Waals surface area (Å²) in [6.07, 6.45) is 2.50. The van der Waals surface area contributed by atoms with Crippen molar-refractivity contribution in [2.45, 2.75) is 59.6 Å². The van der Waals surface area contributed by atoms with Crippen LogP contribution >= 0.6 is 0 Å². The van der Waals surface area contributed by atoms with Gasteiger partial charge in [-0.15, -0.1) is 0 Å². The first-order valence-corrected chi connectivity index (χ1v) is 5.43. The zero-order valence-corrected chi connectivity index (χ0v) is 10.3. The fourth-order valence-electron chi connectivity index (χ4n) is 1.13. The number of nitrogens with one attached hydrogen (secondary N) is 1. The van der Waals surface area contributed by atoms with Crippen molar-refractivity contribution in [1.82, 2.24) is 5.43 Å². The topological polar surface area (TPSA) is 47.3 Å². The summed E-state index contributed by atoms with van der Waals surface area (Å²) in [6.45, 7) is 11.5. The standard InChI is InChI=1S/C11H26N2O/c1-9(2)14-8-10(13-12)6-7-11(3,4)5/h9-10,13H,6-8,12H2,1-5H3. The monoisotopic (exact) mass is 202 g/mol. The van der Waals surface area contributed by atoms with E-state index in [1.54, 1.807) is 0 Å². The Hall–Kier alpha value is -0.120. The number of rotatable bonds is 6. The molecule has 0 saturated heterocycles. The molecule has 0 aromatic carbocycles. The highest BCUT2D eigenvalue weighted by Crippen LogP contribution is 2.21. The molecule has 3 nitrogen and oxygen atoms in total. The first-order chi connectivity index (χ1) is 6.35. The Bertz CT molecular complexity index is 141. The molecular formula is C11H26N2O. The predicted octanol–water partition coefficient (Wildman–Crippen LogP) is 2.07.